The number of hydrogen-bond donors (Lipinski definition) is 3. The highest BCUT2D eigenvalue weighted by Gasteiger charge is 2.18. The second-order valence-electron chi connectivity index (χ2n) is 5.79. The van der Waals surface area contributed by atoms with Crippen LogP contribution >= 0.6 is 23.2 Å². The van der Waals surface area contributed by atoms with Gasteiger partial charge in [0, 0.05) is 16.8 Å². The van der Waals surface area contributed by atoms with Crippen molar-refractivity contribution in [3.63, 3.8) is 0 Å². The summed E-state index contributed by atoms with van der Waals surface area (Å²) in [5, 5.41) is 4.75. The number of esters is 1. The summed E-state index contributed by atoms with van der Waals surface area (Å²) >= 11 is 11.7. The van der Waals surface area contributed by atoms with Crippen molar-refractivity contribution in [1.29, 1.82) is 0 Å². The van der Waals surface area contributed by atoms with E-state index in [1.165, 1.54) is 12.1 Å². The van der Waals surface area contributed by atoms with E-state index in [-0.39, 0.29) is 21.3 Å². The van der Waals surface area contributed by atoms with E-state index in [9.17, 15) is 14.4 Å². The molecule has 1 heterocycles. The standard InChI is InChI=1S/C18H15Cl2N3O6/c19-9-5-11(16(21)12(20)6-9)17(25)29-8-15(24)23-18(26)22-10-1-2-13-14(7-10)28-4-3-27-13/h1-2,5-7H,3-4,8,21H2,(H2,22,23,24,26). The number of benzene rings is 2. The number of carbonyl (C=O) groups excluding carboxylic acids is 3. The Kier molecular flexibility index (Phi) is 6.30. The zero-order chi connectivity index (χ0) is 21.0. The van der Waals surface area contributed by atoms with Crippen LogP contribution in [0.1, 0.15) is 10.4 Å². The Labute approximate surface area is 175 Å². The molecule has 0 radical (unpaired) electrons. The number of hydrogen-bond acceptors (Lipinski definition) is 7. The van der Waals surface area contributed by atoms with Gasteiger partial charge in [0.2, 0.25) is 0 Å². The van der Waals surface area contributed by atoms with Gasteiger partial charge < -0.3 is 25.3 Å². The summed E-state index contributed by atoms with van der Waals surface area (Å²) in [6.45, 7) is 0.131. The Balaban J connectivity index is 1.52. The number of anilines is 2. The molecule has 0 fully saturated rings. The van der Waals surface area contributed by atoms with Crippen molar-refractivity contribution in [2.75, 3.05) is 30.9 Å². The van der Waals surface area contributed by atoms with E-state index in [0.717, 1.165) is 0 Å². The highest BCUT2D eigenvalue weighted by Crippen LogP contribution is 2.32. The quantitative estimate of drug-likeness (QED) is 0.493. The Hall–Kier alpha value is -3.17. The van der Waals surface area contributed by atoms with E-state index in [0.29, 0.717) is 30.4 Å². The Morgan fingerprint density at radius 1 is 1.07 bits per heavy atom. The van der Waals surface area contributed by atoms with Crippen molar-refractivity contribution < 1.29 is 28.6 Å². The van der Waals surface area contributed by atoms with Crippen LogP contribution in [0.15, 0.2) is 30.3 Å². The molecule has 0 saturated carbocycles. The average Bonchev–Trinajstić information content (AvgIpc) is 2.68. The molecule has 4 N–H and O–H groups in total. The molecule has 0 bridgehead atoms. The summed E-state index contributed by atoms with van der Waals surface area (Å²) in [5.41, 5.74) is 5.97. The molecule has 29 heavy (non-hydrogen) atoms. The number of carbonyl (C=O) groups is 3. The van der Waals surface area contributed by atoms with Gasteiger partial charge in [0.25, 0.3) is 5.91 Å². The summed E-state index contributed by atoms with van der Waals surface area (Å²) in [6.07, 6.45) is 0. The number of amides is 3. The number of nitrogen functional groups attached to an aromatic ring is 1. The third-order valence-corrected chi connectivity index (χ3v) is 4.23. The number of imide groups is 1. The Bertz CT molecular complexity index is 982. The number of halogens is 2. The fourth-order valence-corrected chi connectivity index (χ4v) is 2.90. The van der Waals surface area contributed by atoms with Gasteiger partial charge in [-0.1, -0.05) is 23.2 Å². The number of nitrogens with one attached hydrogen (secondary N) is 2. The van der Waals surface area contributed by atoms with Crippen LogP contribution in [0.25, 0.3) is 0 Å². The van der Waals surface area contributed by atoms with Gasteiger partial charge in [0.05, 0.1) is 16.3 Å². The van der Waals surface area contributed by atoms with Crippen molar-refractivity contribution >= 4 is 52.5 Å². The third-order valence-electron chi connectivity index (χ3n) is 3.70. The first kappa shape index (κ1) is 20.6. The lowest BCUT2D eigenvalue weighted by atomic mass is 10.2. The first-order chi connectivity index (χ1) is 13.8. The molecule has 9 nitrogen and oxygen atoms in total. The minimum Gasteiger partial charge on any atom is -0.486 e. The van der Waals surface area contributed by atoms with Crippen LogP contribution < -0.4 is 25.8 Å². The van der Waals surface area contributed by atoms with Gasteiger partial charge in [-0.05, 0) is 24.3 Å². The van der Waals surface area contributed by atoms with Gasteiger partial charge >= 0.3 is 12.0 Å². The smallest absolute Gasteiger partial charge is 0.340 e. The lowest BCUT2D eigenvalue weighted by Crippen LogP contribution is -2.37. The summed E-state index contributed by atoms with van der Waals surface area (Å²) < 4.78 is 15.6. The van der Waals surface area contributed by atoms with Gasteiger partial charge in [-0.25, -0.2) is 9.59 Å². The Morgan fingerprint density at radius 2 is 1.79 bits per heavy atom. The SMILES string of the molecule is Nc1c(Cl)cc(Cl)cc1C(=O)OCC(=O)NC(=O)Nc1ccc2c(c1)OCCO2. The van der Waals surface area contributed by atoms with Gasteiger partial charge in [-0.2, -0.15) is 0 Å². The molecule has 0 saturated heterocycles. The molecule has 0 aromatic heterocycles. The van der Waals surface area contributed by atoms with Gasteiger partial charge in [0.1, 0.15) is 13.2 Å². The number of rotatable bonds is 4. The molecule has 2 aromatic rings. The molecule has 0 unspecified atom stereocenters. The molecule has 152 valence electrons. The summed E-state index contributed by atoms with van der Waals surface area (Å²) in [6, 6.07) is 6.59. The topological polar surface area (TPSA) is 129 Å². The van der Waals surface area contributed by atoms with Gasteiger partial charge in [-0.3, -0.25) is 10.1 Å². The van der Waals surface area contributed by atoms with Crippen molar-refractivity contribution in [3.05, 3.63) is 45.9 Å². The highest BCUT2D eigenvalue weighted by atomic mass is 35.5. The van der Waals surface area contributed by atoms with Gasteiger partial charge in [-0.15, -0.1) is 0 Å². The minimum absolute atomic E-state index is 0.0298. The zero-order valence-corrected chi connectivity index (χ0v) is 16.3. The molecular weight excluding hydrogens is 425 g/mol. The fourth-order valence-electron chi connectivity index (χ4n) is 2.41. The lowest BCUT2D eigenvalue weighted by Gasteiger charge is -2.19. The molecule has 0 atom stereocenters. The predicted molar refractivity (Wildman–Crippen MR) is 106 cm³/mol. The predicted octanol–water partition coefficient (Wildman–Crippen LogP) is 2.85. The zero-order valence-electron chi connectivity index (χ0n) is 14.8. The van der Waals surface area contributed by atoms with E-state index in [1.54, 1.807) is 18.2 Å². The van der Waals surface area contributed by atoms with Crippen molar-refractivity contribution in [3.8, 4) is 11.5 Å². The van der Waals surface area contributed by atoms with Gasteiger partial charge in [0.15, 0.2) is 18.1 Å². The van der Waals surface area contributed by atoms with Crippen LogP contribution in [0.5, 0.6) is 11.5 Å². The van der Waals surface area contributed by atoms with E-state index in [2.05, 4.69) is 5.32 Å². The van der Waals surface area contributed by atoms with E-state index in [1.807, 2.05) is 5.32 Å². The summed E-state index contributed by atoms with van der Waals surface area (Å²) in [4.78, 5) is 35.9. The van der Waals surface area contributed by atoms with E-state index < -0.39 is 24.5 Å². The van der Waals surface area contributed by atoms with Crippen LogP contribution in [0, 0.1) is 0 Å². The molecule has 2 aromatic carbocycles. The van der Waals surface area contributed by atoms with Crippen LogP contribution in [-0.2, 0) is 9.53 Å². The van der Waals surface area contributed by atoms with Crippen molar-refractivity contribution in [2.45, 2.75) is 0 Å². The van der Waals surface area contributed by atoms with Crippen LogP contribution in [0.4, 0.5) is 16.2 Å². The van der Waals surface area contributed by atoms with E-state index in [4.69, 9.17) is 43.1 Å². The van der Waals surface area contributed by atoms with Crippen molar-refractivity contribution in [1.82, 2.24) is 5.32 Å². The lowest BCUT2D eigenvalue weighted by molar-refractivity contribution is -0.123. The fraction of sp³-hybridized carbons (Fsp3) is 0.167. The number of ether oxygens (including phenoxy) is 3. The minimum atomic E-state index is -0.908. The number of urea groups is 1. The van der Waals surface area contributed by atoms with Crippen LogP contribution in [0.3, 0.4) is 0 Å². The second kappa shape index (κ2) is 8.89. The summed E-state index contributed by atoms with van der Waals surface area (Å²) in [5.74, 6) is -0.716. The van der Waals surface area contributed by atoms with E-state index >= 15 is 0 Å². The van der Waals surface area contributed by atoms with Crippen molar-refractivity contribution in [2.24, 2.45) is 0 Å². The second-order valence-corrected chi connectivity index (χ2v) is 6.63. The largest absolute Gasteiger partial charge is 0.486 e. The Morgan fingerprint density at radius 3 is 2.55 bits per heavy atom. The molecule has 11 heteroatoms. The first-order valence-corrected chi connectivity index (χ1v) is 9.01. The van der Waals surface area contributed by atoms with Crippen LogP contribution in [-0.4, -0.2) is 37.7 Å². The molecule has 1 aliphatic rings. The third kappa shape index (κ3) is 5.21. The maximum absolute atomic E-state index is 12.1. The molecule has 3 rings (SSSR count). The molecule has 0 spiro atoms. The first-order valence-electron chi connectivity index (χ1n) is 8.25. The summed E-state index contributed by atoms with van der Waals surface area (Å²) in [7, 11) is 0. The maximum Gasteiger partial charge on any atom is 0.340 e. The molecule has 3 amide bonds. The molecule has 0 aliphatic carbocycles. The molecular formula is C18H15Cl2N3O6. The average molecular weight is 440 g/mol. The number of fused-ring (bicyclic) bond motifs is 1. The maximum atomic E-state index is 12.1. The highest BCUT2D eigenvalue weighted by molar-refractivity contribution is 6.37. The van der Waals surface area contributed by atoms with Crippen LogP contribution in [0.2, 0.25) is 10.0 Å². The monoisotopic (exact) mass is 439 g/mol. The number of nitrogens with two attached hydrogens (primary N) is 1. The molecule has 1 aliphatic heterocycles. The normalized spacial score (nSPS) is 12.1.